The molecule has 0 fully saturated rings. The summed E-state index contributed by atoms with van der Waals surface area (Å²) in [6.45, 7) is 0.936. The summed E-state index contributed by atoms with van der Waals surface area (Å²) in [5.74, 6) is 0.0444. The zero-order valence-corrected chi connectivity index (χ0v) is 6.90. The average molecular weight is 186 g/mol. The third-order valence-electron chi connectivity index (χ3n) is 1.34. The van der Waals surface area contributed by atoms with Crippen molar-refractivity contribution in [2.75, 3.05) is 13.2 Å². The number of ether oxygens (including phenoxy) is 1. The molecule has 1 rings (SSSR count). The molecule has 0 saturated carbocycles. The molecule has 13 heavy (non-hydrogen) atoms. The van der Waals surface area contributed by atoms with Crippen LogP contribution in [0, 0.1) is 10.1 Å². The first-order chi connectivity index (χ1) is 6.24. The van der Waals surface area contributed by atoms with Gasteiger partial charge in [0, 0.05) is 0 Å². The number of nitrogens with zero attached hydrogens (tertiary/aromatic N) is 2. The number of nitrogens with two attached hydrogens (primary N) is 1. The Morgan fingerprint density at radius 1 is 1.77 bits per heavy atom. The van der Waals surface area contributed by atoms with Gasteiger partial charge in [-0.05, 0) is 23.0 Å². The molecule has 0 aliphatic heterocycles. The van der Waals surface area contributed by atoms with Crippen molar-refractivity contribution >= 4 is 5.82 Å². The van der Waals surface area contributed by atoms with Crippen LogP contribution in [0.15, 0.2) is 6.07 Å². The summed E-state index contributed by atoms with van der Waals surface area (Å²) in [6.07, 6.45) is 0.695. The molecule has 3 N–H and O–H groups in total. The van der Waals surface area contributed by atoms with E-state index in [-0.39, 0.29) is 11.7 Å². The van der Waals surface area contributed by atoms with Gasteiger partial charge in [0.2, 0.25) is 0 Å². The Morgan fingerprint density at radius 3 is 3.08 bits per heavy atom. The maximum Gasteiger partial charge on any atom is 0.346 e. The van der Waals surface area contributed by atoms with E-state index in [1.54, 1.807) is 0 Å². The number of aromatic nitrogens is 2. The van der Waals surface area contributed by atoms with Gasteiger partial charge in [0.25, 0.3) is 5.88 Å². The van der Waals surface area contributed by atoms with Gasteiger partial charge in [0.15, 0.2) is 0 Å². The third kappa shape index (κ3) is 2.71. The highest BCUT2D eigenvalue weighted by molar-refractivity contribution is 5.24. The Morgan fingerprint density at radius 2 is 2.54 bits per heavy atom. The van der Waals surface area contributed by atoms with Crippen molar-refractivity contribution < 1.29 is 9.66 Å². The van der Waals surface area contributed by atoms with Gasteiger partial charge in [-0.2, -0.15) is 0 Å². The van der Waals surface area contributed by atoms with E-state index in [0.29, 0.717) is 19.6 Å². The van der Waals surface area contributed by atoms with Gasteiger partial charge in [0.05, 0.1) is 12.7 Å². The van der Waals surface area contributed by atoms with Crippen molar-refractivity contribution in [2.45, 2.75) is 6.42 Å². The summed E-state index contributed by atoms with van der Waals surface area (Å²) in [5, 5.41) is 16.0. The molecule has 0 saturated heterocycles. The molecular weight excluding hydrogens is 176 g/mol. The zero-order valence-electron chi connectivity index (χ0n) is 6.90. The fourth-order valence-electron chi connectivity index (χ4n) is 0.721. The van der Waals surface area contributed by atoms with Crippen LogP contribution in [-0.4, -0.2) is 28.3 Å². The van der Waals surface area contributed by atoms with Crippen LogP contribution in [0.2, 0.25) is 0 Å². The number of hydrogen-bond donors (Lipinski definition) is 2. The third-order valence-corrected chi connectivity index (χ3v) is 1.34. The number of nitrogens with one attached hydrogen (secondary N) is 1. The molecule has 1 heterocycles. The summed E-state index contributed by atoms with van der Waals surface area (Å²) in [7, 11) is 0. The second kappa shape index (κ2) is 4.41. The predicted molar refractivity (Wildman–Crippen MR) is 44.4 cm³/mol. The monoisotopic (exact) mass is 186 g/mol. The predicted octanol–water partition coefficient (Wildman–Crippen LogP) is 0.0455. The minimum absolute atomic E-state index is 0.178. The normalized spacial score (nSPS) is 9.92. The maximum atomic E-state index is 10.2. The summed E-state index contributed by atoms with van der Waals surface area (Å²) >= 11 is 0. The first kappa shape index (κ1) is 9.46. The van der Waals surface area contributed by atoms with Gasteiger partial charge >= 0.3 is 5.82 Å². The molecule has 0 amide bonds. The number of aromatic amines is 1. The highest BCUT2D eigenvalue weighted by Gasteiger charge is 2.09. The van der Waals surface area contributed by atoms with Crippen LogP contribution in [0.4, 0.5) is 5.82 Å². The lowest BCUT2D eigenvalue weighted by Gasteiger charge is -1.97. The minimum atomic E-state index is -0.567. The number of hydrogen-bond acceptors (Lipinski definition) is 5. The number of rotatable bonds is 5. The molecule has 7 heteroatoms. The van der Waals surface area contributed by atoms with E-state index >= 15 is 0 Å². The lowest BCUT2D eigenvalue weighted by atomic mass is 10.5. The molecule has 1 aromatic heterocycles. The van der Waals surface area contributed by atoms with E-state index < -0.39 is 4.92 Å². The lowest BCUT2D eigenvalue weighted by Crippen LogP contribution is -2.06. The first-order valence-corrected chi connectivity index (χ1v) is 3.76. The van der Waals surface area contributed by atoms with Crippen LogP contribution < -0.4 is 10.5 Å². The molecule has 1 aromatic rings. The van der Waals surface area contributed by atoms with Crippen molar-refractivity contribution in [2.24, 2.45) is 5.73 Å². The Balaban J connectivity index is 2.44. The first-order valence-electron chi connectivity index (χ1n) is 3.76. The highest BCUT2D eigenvalue weighted by Crippen LogP contribution is 2.13. The number of nitro groups is 1. The van der Waals surface area contributed by atoms with Crippen LogP contribution in [0.25, 0.3) is 0 Å². The summed E-state index contributed by atoms with van der Waals surface area (Å²) in [4.78, 5) is 9.64. The van der Waals surface area contributed by atoms with Gasteiger partial charge in [-0.25, -0.2) is 0 Å². The maximum absolute atomic E-state index is 10.2. The topological polar surface area (TPSA) is 107 Å². The van der Waals surface area contributed by atoms with Crippen LogP contribution in [0.5, 0.6) is 5.88 Å². The second-order valence-electron chi connectivity index (χ2n) is 2.34. The largest absolute Gasteiger partial charge is 0.475 e. The van der Waals surface area contributed by atoms with E-state index in [0.717, 1.165) is 0 Å². The fourth-order valence-corrected chi connectivity index (χ4v) is 0.721. The van der Waals surface area contributed by atoms with Gasteiger partial charge < -0.3 is 20.6 Å². The van der Waals surface area contributed by atoms with E-state index in [2.05, 4.69) is 10.2 Å². The molecular formula is C6H10N4O3. The van der Waals surface area contributed by atoms with Crippen molar-refractivity contribution in [3.05, 3.63) is 16.2 Å². The molecule has 72 valence electrons. The zero-order chi connectivity index (χ0) is 9.68. The smallest absolute Gasteiger partial charge is 0.346 e. The van der Waals surface area contributed by atoms with Gasteiger partial charge in [-0.3, -0.25) is 0 Å². The van der Waals surface area contributed by atoms with Gasteiger partial charge in [-0.15, -0.1) is 5.10 Å². The Hall–Kier alpha value is -1.63. The van der Waals surface area contributed by atoms with Crippen molar-refractivity contribution in [1.82, 2.24) is 10.2 Å². The molecule has 0 unspecified atom stereocenters. The SMILES string of the molecule is NCCCOc1cc([N+](=O)[O-])[nH]n1. The summed E-state index contributed by atoms with van der Waals surface area (Å²) < 4.78 is 5.05. The van der Waals surface area contributed by atoms with E-state index in [4.69, 9.17) is 10.5 Å². The molecule has 0 bridgehead atoms. The molecule has 0 aromatic carbocycles. The fraction of sp³-hybridized carbons (Fsp3) is 0.500. The molecule has 0 radical (unpaired) electrons. The average Bonchev–Trinajstić information content (AvgIpc) is 2.53. The van der Waals surface area contributed by atoms with E-state index in [9.17, 15) is 10.1 Å². The number of H-pyrrole nitrogens is 1. The Labute approximate surface area is 74.0 Å². The summed E-state index contributed by atoms with van der Waals surface area (Å²) in [5.41, 5.74) is 5.23. The van der Waals surface area contributed by atoms with Gasteiger partial charge in [-0.1, -0.05) is 0 Å². The second-order valence-corrected chi connectivity index (χ2v) is 2.34. The minimum Gasteiger partial charge on any atom is -0.475 e. The molecule has 0 atom stereocenters. The molecule has 7 nitrogen and oxygen atoms in total. The molecule has 0 aliphatic carbocycles. The molecule has 0 aliphatic rings. The highest BCUT2D eigenvalue weighted by atomic mass is 16.6. The van der Waals surface area contributed by atoms with Crippen LogP contribution >= 0.6 is 0 Å². The standard InChI is InChI=1S/C6H10N4O3/c7-2-1-3-13-6-4-5(8-9-6)10(11)12/h4H,1-3,7H2,(H,8,9). The quantitative estimate of drug-likeness (QED) is 0.383. The van der Waals surface area contributed by atoms with Crippen LogP contribution in [-0.2, 0) is 0 Å². The van der Waals surface area contributed by atoms with Crippen LogP contribution in [0.1, 0.15) is 6.42 Å². The van der Waals surface area contributed by atoms with Crippen molar-refractivity contribution in [1.29, 1.82) is 0 Å². The Kier molecular flexibility index (Phi) is 3.21. The van der Waals surface area contributed by atoms with Crippen molar-refractivity contribution in [3.8, 4) is 5.88 Å². The Bertz CT molecular complexity index is 285. The van der Waals surface area contributed by atoms with E-state index in [1.807, 2.05) is 0 Å². The molecule has 0 spiro atoms. The van der Waals surface area contributed by atoms with E-state index in [1.165, 1.54) is 6.07 Å². The van der Waals surface area contributed by atoms with Crippen molar-refractivity contribution in [3.63, 3.8) is 0 Å². The van der Waals surface area contributed by atoms with Gasteiger partial charge in [0.1, 0.15) is 0 Å². The lowest BCUT2D eigenvalue weighted by molar-refractivity contribution is -0.389. The van der Waals surface area contributed by atoms with Crippen LogP contribution in [0.3, 0.4) is 0 Å². The summed E-state index contributed by atoms with van der Waals surface area (Å²) in [6, 6.07) is 1.23.